The van der Waals surface area contributed by atoms with E-state index < -0.39 is 4.92 Å². The standard InChI is InChI=1S/C13H14ClN3O3/c1-7-4-12(17(19)20)10(14)6-11(7)16-13(18)8-2-3-9(15)5-8/h2-4,6,8-9H,5,15H2,1H3,(H,16,18). The van der Waals surface area contributed by atoms with Crippen LogP contribution in [0.2, 0.25) is 5.02 Å². The summed E-state index contributed by atoms with van der Waals surface area (Å²) in [6.45, 7) is 1.68. The van der Waals surface area contributed by atoms with E-state index in [1.165, 1.54) is 12.1 Å². The third-order valence-electron chi connectivity index (χ3n) is 3.20. The number of hydrogen-bond acceptors (Lipinski definition) is 4. The molecule has 2 atom stereocenters. The van der Waals surface area contributed by atoms with Crippen molar-refractivity contribution >= 4 is 28.9 Å². The quantitative estimate of drug-likeness (QED) is 0.508. The highest BCUT2D eigenvalue weighted by atomic mass is 35.5. The molecule has 2 rings (SSSR count). The Kier molecular flexibility index (Phi) is 4.06. The molecule has 2 unspecified atom stereocenters. The van der Waals surface area contributed by atoms with Crippen LogP contribution >= 0.6 is 11.6 Å². The van der Waals surface area contributed by atoms with E-state index in [9.17, 15) is 14.9 Å². The molecule has 0 bridgehead atoms. The normalized spacial score (nSPS) is 20.9. The summed E-state index contributed by atoms with van der Waals surface area (Å²) in [7, 11) is 0. The molecule has 1 aliphatic carbocycles. The molecule has 106 valence electrons. The number of halogens is 1. The first-order valence-electron chi connectivity index (χ1n) is 6.08. The summed E-state index contributed by atoms with van der Waals surface area (Å²) in [6, 6.07) is 2.63. The first-order chi connectivity index (χ1) is 9.38. The van der Waals surface area contributed by atoms with Crippen molar-refractivity contribution in [2.24, 2.45) is 11.7 Å². The van der Waals surface area contributed by atoms with Crippen molar-refractivity contribution in [3.05, 3.63) is 45.0 Å². The second-order valence-corrected chi connectivity index (χ2v) is 5.16. The lowest BCUT2D eigenvalue weighted by Crippen LogP contribution is -2.24. The number of anilines is 1. The fraction of sp³-hybridized carbons (Fsp3) is 0.308. The van der Waals surface area contributed by atoms with Crippen LogP contribution in [0.4, 0.5) is 11.4 Å². The Morgan fingerprint density at radius 1 is 1.50 bits per heavy atom. The topological polar surface area (TPSA) is 98.3 Å². The summed E-state index contributed by atoms with van der Waals surface area (Å²) in [5.41, 5.74) is 6.58. The average molecular weight is 296 g/mol. The van der Waals surface area contributed by atoms with Crippen molar-refractivity contribution in [2.45, 2.75) is 19.4 Å². The predicted molar refractivity (Wildman–Crippen MR) is 76.7 cm³/mol. The molecule has 1 aromatic rings. The highest BCUT2D eigenvalue weighted by Crippen LogP contribution is 2.31. The van der Waals surface area contributed by atoms with Gasteiger partial charge in [0.2, 0.25) is 5.91 Å². The third kappa shape index (κ3) is 2.97. The highest BCUT2D eigenvalue weighted by Gasteiger charge is 2.24. The molecule has 7 heteroatoms. The number of rotatable bonds is 3. The van der Waals surface area contributed by atoms with Crippen molar-refractivity contribution in [2.75, 3.05) is 5.32 Å². The molecule has 3 N–H and O–H groups in total. The van der Waals surface area contributed by atoms with Crippen molar-refractivity contribution in [3.63, 3.8) is 0 Å². The van der Waals surface area contributed by atoms with Crippen LogP contribution in [0.3, 0.4) is 0 Å². The van der Waals surface area contributed by atoms with Gasteiger partial charge >= 0.3 is 0 Å². The van der Waals surface area contributed by atoms with Crippen molar-refractivity contribution in [1.82, 2.24) is 0 Å². The van der Waals surface area contributed by atoms with Gasteiger partial charge in [-0.15, -0.1) is 0 Å². The molecule has 0 aromatic heterocycles. The fourth-order valence-corrected chi connectivity index (χ4v) is 2.32. The molecular formula is C13H14ClN3O3. The molecule has 20 heavy (non-hydrogen) atoms. The van der Waals surface area contributed by atoms with Gasteiger partial charge in [-0.1, -0.05) is 23.8 Å². The zero-order valence-electron chi connectivity index (χ0n) is 10.8. The number of nitrogens with one attached hydrogen (secondary N) is 1. The van der Waals surface area contributed by atoms with Crippen LogP contribution in [0.15, 0.2) is 24.3 Å². The van der Waals surface area contributed by atoms with Gasteiger partial charge in [0.1, 0.15) is 5.02 Å². The third-order valence-corrected chi connectivity index (χ3v) is 3.50. The van der Waals surface area contributed by atoms with E-state index in [2.05, 4.69) is 5.32 Å². The maximum absolute atomic E-state index is 12.0. The van der Waals surface area contributed by atoms with Gasteiger partial charge in [0.25, 0.3) is 5.69 Å². The van der Waals surface area contributed by atoms with Gasteiger partial charge in [-0.05, 0) is 25.0 Å². The van der Waals surface area contributed by atoms with E-state index in [0.29, 0.717) is 17.7 Å². The number of carbonyl (C=O) groups is 1. The SMILES string of the molecule is Cc1cc([N+](=O)[O-])c(Cl)cc1NC(=O)C1C=CC(N)C1. The molecular weight excluding hydrogens is 282 g/mol. The van der Waals surface area contributed by atoms with E-state index >= 15 is 0 Å². The second kappa shape index (κ2) is 5.60. The summed E-state index contributed by atoms with van der Waals surface area (Å²) in [6.07, 6.45) is 4.12. The Morgan fingerprint density at radius 2 is 2.20 bits per heavy atom. The number of carbonyl (C=O) groups excluding carboxylic acids is 1. The van der Waals surface area contributed by atoms with Crippen LogP contribution in [-0.2, 0) is 4.79 Å². The van der Waals surface area contributed by atoms with Crippen molar-refractivity contribution in [3.8, 4) is 0 Å². The molecule has 0 saturated heterocycles. The van der Waals surface area contributed by atoms with Crippen molar-refractivity contribution in [1.29, 1.82) is 0 Å². The number of hydrogen-bond donors (Lipinski definition) is 2. The van der Waals surface area contributed by atoms with E-state index in [1.54, 1.807) is 19.1 Å². The van der Waals surface area contributed by atoms with Gasteiger partial charge in [0, 0.05) is 17.8 Å². The Balaban J connectivity index is 2.18. The summed E-state index contributed by atoms with van der Waals surface area (Å²) in [5.74, 6) is -0.472. The maximum Gasteiger partial charge on any atom is 0.288 e. The number of nitrogens with two attached hydrogens (primary N) is 1. The van der Waals surface area contributed by atoms with E-state index in [4.69, 9.17) is 17.3 Å². The summed E-state index contributed by atoms with van der Waals surface area (Å²) in [4.78, 5) is 22.3. The van der Waals surface area contributed by atoms with Crippen LogP contribution in [0.25, 0.3) is 0 Å². The zero-order valence-corrected chi connectivity index (χ0v) is 11.6. The highest BCUT2D eigenvalue weighted by molar-refractivity contribution is 6.33. The Labute approximate surface area is 120 Å². The number of benzene rings is 1. The minimum Gasteiger partial charge on any atom is -0.325 e. The number of aryl methyl sites for hydroxylation is 1. The Morgan fingerprint density at radius 3 is 2.75 bits per heavy atom. The summed E-state index contributed by atoms with van der Waals surface area (Å²) in [5, 5.41) is 13.5. The first kappa shape index (κ1) is 14.5. The first-order valence-corrected chi connectivity index (χ1v) is 6.45. The average Bonchev–Trinajstić information content (AvgIpc) is 2.79. The lowest BCUT2D eigenvalue weighted by atomic mass is 10.1. The molecule has 0 radical (unpaired) electrons. The van der Waals surface area contributed by atoms with Crippen molar-refractivity contribution < 1.29 is 9.72 Å². The monoisotopic (exact) mass is 295 g/mol. The predicted octanol–water partition coefficient (Wildman–Crippen LogP) is 2.40. The van der Waals surface area contributed by atoms with E-state index in [0.717, 1.165) is 0 Å². The number of amides is 1. The molecule has 1 aromatic carbocycles. The number of nitrogens with zero attached hydrogens (tertiary/aromatic N) is 1. The minimum atomic E-state index is -0.556. The van der Waals surface area contributed by atoms with Gasteiger partial charge in [0.15, 0.2) is 0 Å². The lowest BCUT2D eigenvalue weighted by Gasteiger charge is -2.13. The Bertz CT molecular complexity index is 601. The fourth-order valence-electron chi connectivity index (χ4n) is 2.09. The molecule has 0 aliphatic heterocycles. The maximum atomic E-state index is 12.0. The molecule has 0 spiro atoms. The molecule has 6 nitrogen and oxygen atoms in total. The molecule has 1 amide bonds. The smallest absolute Gasteiger partial charge is 0.288 e. The number of nitro groups is 1. The van der Waals surface area contributed by atoms with Gasteiger partial charge in [-0.3, -0.25) is 14.9 Å². The molecule has 0 heterocycles. The Hall–Kier alpha value is -1.92. The van der Waals surface area contributed by atoms with E-state index in [-0.39, 0.29) is 28.6 Å². The molecule has 0 saturated carbocycles. The molecule has 0 fully saturated rings. The van der Waals surface area contributed by atoms with Crippen LogP contribution in [0.1, 0.15) is 12.0 Å². The van der Waals surface area contributed by atoms with Gasteiger partial charge in [-0.25, -0.2) is 0 Å². The minimum absolute atomic E-state index is 0.00503. The van der Waals surface area contributed by atoms with Gasteiger partial charge in [0.05, 0.1) is 10.8 Å². The van der Waals surface area contributed by atoms with Crippen LogP contribution in [0.5, 0.6) is 0 Å². The summed E-state index contributed by atoms with van der Waals surface area (Å²) < 4.78 is 0. The van der Waals surface area contributed by atoms with Gasteiger partial charge < -0.3 is 11.1 Å². The molecule has 1 aliphatic rings. The van der Waals surface area contributed by atoms with E-state index in [1.807, 2.05) is 0 Å². The largest absolute Gasteiger partial charge is 0.325 e. The van der Waals surface area contributed by atoms with Crippen LogP contribution in [-0.4, -0.2) is 16.9 Å². The summed E-state index contributed by atoms with van der Waals surface area (Å²) >= 11 is 5.84. The second-order valence-electron chi connectivity index (χ2n) is 4.76. The van der Waals surface area contributed by atoms with Crippen LogP contribution in [0, 0.1) is 23.0 Å². The number of nitro benzene ring substituents is 1. The zero-order chi connectivity index (χ0) is 14.9. The lowest BCUT2D eigenvalue weighted by molar-refractivity contribution is -0.384. The van der Waals surface area contributed by atoms with Crippen LogP contribution < -0.4 is 11.1 Å². The van der Waals surface area contributed by atoms with Gasteiger partial charge in [-0.2, -0.15) is 0 Å².